The molecule has 0 spiro atoms. The molecule has 0 aliphatic carbocycles. The van der Waals surface area contributed by atoms with E-state index >= 15 is 0 Å². The predicted octanol–water partition coefficient (Wildman–Crippen LogP) is 0.336. The van der Waals surface area contributed by atoms with Crippen LogP contribution in [0.4, 0.5) is 0 Å². The van der Waals surface area contributed by atoms with Gasteiger partial charge in [-0.05, 0) is 6.92 Å². The summed E-state index contributed by atoms with van der Waals surface area (Å²) in [6, 6.07) is 0. The van der Waals surface area contributed by atoms with Crippen molar-refractivity contribution in [1.29, 1.82) is 0 Å². The van der Waals surface area contributed by atoms with Gasteiger partial charge in [-0.2, -0.15) is 0 Å². The molecule has 0 radical (unpaired) electrons. The lowest BCUT2D eigenvalue weighted by Crippen LogP contribution is -2.20. The van der Waals surface area contributed by atoms with Gasteiger partial charge in [0.05, 0.1) is 6.34 Å². The van der Waals surface area contributed by atoms with Crippen LogP contribution in [0, 0.1) is 0 Å². The second kappa shape index (κ2) is 1.94. The Kier molecular flexibility index (Phi) is 1.28. The minimum atomic E-state index is 0.745. The van der Waals surface area contributed by atoms with E-state index in [0.717, 1.165) is 12.5 Å². The summed E-state index contributed by atoms with van der Waals surface area (Å²) in [7, 11) is 1.94. The molecule has 0 aromatic heterocycles. The van der Waals surface area contributed by atoms with Gasteiger partial charge in [0.2, 0.25) is 0 Å². The maximum Gasteiger partial charge on any atom is 0.124 e. The molecule has 0 aromatic carbocycles. The molecule has 0 amide bonds. The van der Waals surface area contributed by atoms with Crippen LogP contribution in [-0.4, -0.2) is 30.8 Å². The molecule has 0 aromatic rings. The summed E-state index contributed by atoms with van der Waals surface area (Å²) in [5.74, 6) is 0.864. The maximum absolute atomic E-state index is 4.06. The van der Waals surface area contributed by atoms with E-state index in [1.54, 1.807) is 6.34 Å². The first-order valence-corrected chi connectivity index (χ1v) is 2.54. The van der Waals surface area contributed by atoms with Crippen molar-refractivity contribution in [3.63, 3.8) is 0 Å². The molecule has 1 rings (SSSR count). The summed E-state index contributed by atoms with van der Waals surface area (Å²) in [6.07, 6.45) is 1.78. The van der Waals surface area contributed by atoms with Gasteiger partial charge in [-0.25, -0.2) is 9.98 Å². The summed E-state index contributed by atoms with van der Waals surface area (Å²) < 4.78 is 0. The summed E-state index contributed by atoms with van der Waals surface area (Å²) in [5.41, 5.74) is 0. The topological polar surface area (TPSA) is 28.0 Å². The van der Waals surface area contributed by atoms with Crippen molar-refractivity contribution in [3.05, 3.63) is 0 Å². The van der Waals surface area contributed by atoms with E-state index in [1.807, 2.05) is 18.9 Å². The Morgan fingerprint density at radius 3 is 2.88 bits per heavy atom. The second-order valence-corrected chi connectivity index (χ2v) is 1.85. The van der Waals surface area contributed by atoms with Crippen molar-refractivity contribution >= 4 is 12.2 Å². The number of nitrogens with zero attached hydrogens (tertiary/aromatic N) is 3. The van der Waals surface area contributed by atoms with Crippen molar-refractivity contribution in [2.75, 3.05) is 13.7 Å². The monoisotopic (exact) mass is 111 g/mol. The lowest BCUT2D eigenvalue weighted by Gasteiger charge is -2.12. The van der Waals surface area contributed by atoms with Crippen LogP contribution in [0.1, 0.15) is 6.92 Å². The predicted molar refractivity (Wildman–Crippen MR) is 34.2 cm³/mol. The minimum Gasteiger partial charge on any atom is -0.346 e. The van der Waals surface area contributed by atoms with Crippen molar-refractivity contribution in [2.45, 2.75) is 6.92 Å². The molecular weight excluding hydrogens is 102 g/mol. The highest BCUT2D eigenvalue weighted by molar-refractivity contribution is 5.88. The zero-order chi connectivity index (χ0) is 5.98. The van der Waals surface area contributed by atoms with Crippen LogP contribution < -0.4 is 0 Å². The van der Waals surface area contributed by atoms with Crippen LogP contribution in [0.15, 0.2) is 9.98 Å². The normalized spacial score (nSPS) is 18.8. The van der Waals surface area contributed by atoms with Gasteiger partial charge in [-0.1, -0.05) is 0 Å². The Labute approximate surface area is 48.7 Å². The molecule has 3 heteroatoms. The highest BCUT2D eigenvalue weighted by Gasteiger charge is 1.94. The fourth-order valence-corrected chi connectivity index (χ4v) is 0.473. The number of amidine groups is 1. The van der Waals surface area contributed by atoms with Crippen LogP contribution in [0.2, 0.25) is 0 Å². The van der Waals surface area contributed by atoms with E-state index < -0.39 is 0 Å². The molecule has 0 atom stereocenters. The number of hydrogen-bond donors (Lipinski definition) is 0. The van der Waals surface area contributed by atoms with Crippen LogP contribution in [-0.2, 0) is 0 Å². The SMILES string of the molecule is CC1=NCN(C)C=N1. The molecule has 0 fully saturated rings. The summed E-state index contributed by atoms with van der Waals surface area (Å²) in [6.45, 7) is 2.64. The number of rotatable bonds is 0. The fourth-order valence-electron chi connectivity index (χ4n) is 0.473. The van der Waals surface area contributed by atoms with Gasteiger partial charge in [0.1, 0.15) is 12.5 Å². The third kappa shape index (κ3) is 1.05. The van der Waals surface area contributed by atoms with Crippen LogP contribution >= 0.6 is 0 Å². The molecule has 1 aliphatic heterocycles. The summed E-state index contributed by atoms with van der Waals surface area (Å²) >= 11 is 0. The molecule has 0 unspecified atom stereocenters. The molecule has 0 N–H and O–H groups in total. The zero-order valence-electron chi connectivity index (χ0n) is 5.13. The second-order valence-electron chi connectivity index (χ2n) is 1.85. The van der Waals surface area contributed by atoms with Crippen LogP contribution in [0.3, 0.4) is 0 Å². The van der Waals surface area contributed by atoms with Crippen molar-refractivity contribution in [3.8, 4) is 0 Å². The molecule has 0 bridgehead atoms. The fraction of sp³-hybridized carbons (Fsp3) is 0.600. The first-order valence-electron chi connectivity index (χ1n) is 2.54. The zero-order valence-corrected chi connectivity index (χ0v) is 5.13. The lowest BCUT2D eigenvalue weighted by molar-refractivity contribution is 0.532. The van der Waals surface area contributed by atoms with Gasteiger partial charge in [-0.3, -0.25) is 0 Å². The highest BCUT2D eigenvalue weighted by Crippen LogP contribution is 1.89. The third-order valence-corrected chi connectivity index (χ3v) is 0.964. The number of aliphatic imine (C=N–C) groups is 2. The third-order valence-electron chi connectivity index (χ3n) is 0.964. The van der Waals surface area contributed by atoms with Crippen molar-refractivity contribution < 1.29 is 0 Å². The Hall–Kier alpha value is -0.860. The summed E-state index contributed by atoms with van der Waals surface area (Å²) in [4.78, 5) is 9.94. The van der Waals surface area contributed by atoms with Crippen molar-refractivity contribution in [1.82, 2.24) is 4.90 Å². The van der Waals surface area contributed by atoms with E-state index in [-0.39, 0.29) is 0 Å². The lowest BCUT2D eigenvalue weighted by atomic mass is 10.6. The Balaban J connectivity index is 2.58. The van der Waals surface area contributed by atoms with Gasteiger partial charge in [0.25, 0.3) is 0 Å². The Bertz CT molecular complexity index is 137. The van der Waals surface area contributed by atoms with E-state index in [2.05, 4.69) is 9.98 Å². The molecule has 44 valence electrons. The molecule has 1 heterocycles. The average molecular weight is 111 g/mol. The van der Waals surface area contributed by atoms with E-state index in [9.17, 15) is 0 Å². The van der Waals surface area contributed by atoms with Crippen LogP contribution in [0.5, 0.6) is 0 Å². The standard InChI is InChI=1S/C5H9N3/c1-5-6-3-8(2)4-7-5/h3H,4H2,1-2H3. The average Bonchev–Trinajstić information content (AvgIpc) is 1.77. The van der Waals surface area contributed by atoms with E-state index in [1.165, 1.54) is 0 Å². The van der Waals surface area contributed by atoms with Crippen LogP contribution in [0.25, 0.3) is 0 Å². The molecule has 8 heavy (non-hydrogen) atoms. The van der Waals surface area contributed by atoms with Gasteiger partial charge in [-0.15, -0.1) is 0 Å². The largest absolute Gasteiger partial charge is 0.346 e. The first kappa shape index (κ1) is 5.28. The number of hydrogen-bond acceptors (Lipinski definition) is 3. The smallest absolute Gasteiger partial charge is 0.124 e. The molecule has 3 nitrogen and oxygen atoms in total. The molecule has 0 saturated carbocycles. The van der Waals surface area contributed by atoms with E-state index in [0.29, 0.717) is 0 Å². The molecule has 1 aliphatic rings. The first-order chi connectivity index (χ1) is 3.79. The van der Waals surface area contributed by atoms with Gasteiger partial charge < -0.3 is 4.90 Å². The molecular formula is C5H9N3. The van der Waals surface area contributed by atoms with Gasteiger partial charge in [0, 0.05) is 7.05 Å². The summed E-state index contributed by atoms with van der Waals surface area (Å²) in [5, 5.41) is 0. The van der Waals surface area contributed by atoms with E-state index in [4.69, 9.17) is 0 Å². The molecule has 0 saturated heterocycles. The van der Waals surface area contributed by atoms with Crippen molar-refractivity contribution in [2.24, 2.45) is 9.98 Å². The highest BCUT2D eigenvalue weighted by atomic mass is 15.2. The van der Waals surface area contributed by atoms with Gasteiger partial charge in [0.15, 0.2) is 0 Å². The Morgan fingerprint density at radius 2 is 2.50 bits per heavy atom. The minimum absolute atomic E-state index is 0.745. The maximum atomic E-state index is 4.06. The Morgan fingerprint density at radius 1 is 1.75 bits per heavy atom. The van der Waals surface area contributed by atoms with Gasteiger partial charge >= 0.3 is 0 Å². The quantitative estimate of drug-likeness (QED) is 0.443.